The summed E-state index contributed by atoms with van der Waals surface area (Å²) in [6, 6.07) is 10.1. The number of hydrogen-bond donors (Lipinski definition) is 2. The molecule has 0 bridgehead atoms. The molecule has 0 amide bonds. The molecule has 10 heteroatoms. The van der Waals surface area contributed by atoms with E-state index in [1.807, 2.05) is 25.1 Å². The van der Waals surface area contributed by atoms with Crippen molar-refractivity contribution < 1.29 is 14.1 Å². The molecule has 6 rings (SSSR count). The Hall–Kier alpha value is -2.66. The number of anilines is 2. The van der Waals surface area contributed by atoms with Crippen molar-refractivity contribution in [2.24, 2.45) is 5.84 Å². The summed E-state index contributed by atoms with van der Waals surface area (Å²) in [4.78, 5) is 17.2. The van der Waals surface area contributed by atoms with Gasteiger partial charge in [-0.25, -0.2) is 15.8 Å². The second-order valence-electron chi connectivity index (χ2n) is 9.76. The standard InChI is InChI=1S/C25H30N6O3S/c1-16-20(17-5-3-2-4-6-17)28-23(34-16)18-7-12-30(13-8-18)24-27-19-9-14-35(33)21(19)22(29-24)31(26)25(15-32)10-11-25/h2-6,18,32H,7-15,26H2,1H3. The highest BCUT2D eigenvalue weighted by atomic mass is 32.2. The Labute approximate surface area is 207 Å². The van der Waals surface area contributed by atoms with Crippen LogP contribution in [0.25, 0.3) is 11.3 Å². The van der Waals surface area contributed by atoms with Gasteiger partial charge in [0.25, 0.3) is 0 Å². The monoisotopic (exact) mass is 494 g/mol. The molecule has 0 radical (unpaired) electrons. The lowest BCUT2D eigenvalue weighted by atomic mass is 9.97. The van der Waals surface area contributed by atoms with Crippen LogP contribution in [-0.4, -0.2) is 55.6 Å². The molecule has 3 N–H and O–H groups in total. The van der Waals surface area contributed by atoms with Crippen LogP contribution < -0.4 is 15.8 Å². The third-order valence-electron chi connectivity index (χ3n) is 7.51. The van der Waals surface area contributed by atoms with Gasteiger partial charge >= 0.3 is 0 Å². The molecule has 4 heterocycles. The summed E-state index contributed by atoms with van der Waals surface area (Å²) in [5, 5.41) is 11.4. The summed E-state index contributed by atoms with van der Waals surface area (Å²) >= 11 is -1.17. The number of nitrogens with two attached hydrogens (primary N) is 1. The van der Waals surface area contributed by atoms with Gasteiger partial charge in [0.15, 0.2) is 5.89 Å². The van der Waals surface area contributed by atoms with Crippen LogP contribution in [0.4, 0.5) is 11.8 Å². The summed E-state index contributed by atoms with van der Waals surface area (Å²) in [5.41, 5.74) is 2.28. The Bertz CT molecular complexity index is 1220. The predicted molar refractivity (Wildman–Crippen MR) is 134 cm³/mol. The SMILES string of the molecule is Cc1oc(C2CCN(c3nc4c(c(N(N)C5(CO)CC5)n3)[S+]([O-])CC4)CC2)nc1-c1ccccc1. The molecule has 184 valence electrons. The summed E-state index contributed by atoms with van der Waals surface area (Å²) in [6.45, 7) is 3.46. The fourth-order valence-electron chi connectivity index (χ4n) is 5.10. The van der Waals surface area contributed by atoms with E-state index < -0.39 is 16.7 Å². The van der Waals surface area contributed by atoms with Crippen molar-refractivity contribution in [1.82, 2.24) is 15.0 Å². The number of aliphatic hydroxyl groups is 1. The molecule has 3 aromatic rings. The van der Waals surface area contributed by atoms with Crippen LogP contribution in [0.1, 0.15) is 48.9 Å². The van der Waals surface area contributed by atoms with Gasteiger partial charge in [0.2, 0.25) is 16.7 Å². The minimum absolute atomic E-state index is 0.0455. The van der Waals surface area contributed by atoms with Crippen molar-refractivity contribution >= 4 is 22.9 Å². The van der Waals surface area contributed by atoms with Gasteiger partial charge < -0.3 is 19.0 Å². The molecule has 1 unspecified atom stereocenters. The lowest BCUT2D eigenvalue weighted by Gasteiger charge is -2.32. The van der Waals surface area contributed by atoms with Gasteiger partial charge in [-0.1, -0.05) is 30.3 Å². The molecule has 2 fully saturated rings. The van der Waals surface area contributed by atoms with Crippen molar-refractivity contribution in [1.29, 1.82) is 0 Å². The topological polar surface area (TPSA) is 128 Å². The van der Waals surface area contributed by atoms with Gasteiger partial charge in [0.05, 0.1) is 12.1 Å². The number of hydrazine groups is 1. The molecule has 35 heavy (non-hydrogen) atoms. The first-order valence-electron chi connectivity index (χ1n) is 12.2. The Morgan fingerprint density at radius 1 is 1.20 bits per heavy atom. The number of aromatic nitrogens is 3. The van der Waals surface area contributed by atoms with Crippen molar-refractivity contribution in [3.05, 3.63) is 47.7 Å². The van der Waals surface area contributed by atoms with E-state index in [1.165, 1.54) is 0 Å². The van der Waals surface area contributed by atoms with Crippen molar-refractivity contribution in [3.63, 3.8) is 0 Å². The average molecular weight is 495 g/mol. The molecule has 9 nitrogen and oxygen atoms in total. The average Bonchev–Trinajstić information content (AvgIpc) is 3.48. The zero-order valence-electron chi connectivity index (χ0n) is 19.8. The number of aliphatic hydroxyl groups excluding tert-OH is 1. The number of benzene rings is 1. The van der Waals surface area contributed by atoms with Gasteiger partial charge in [-0.2, -0.15) is 4.98 Å². The lowest BCUT2D eigenvalue weighted by Crippen LogP contribution is -2.47. The number of hydrogen-bond acceptors (Lipinski definition) is 9. The molecule has 1 saturated carbocycles. The van der Waals surface area contributed by atoms with E-state index in [0.29, 0.717) is 28.8 Å². The summed E-state index contributed by atoms with van der Waals surface area (Å²) in [6.07, 6.45) is 4.00. The van der Waals surface area contributed by atoms with E-state index in [2.05, 4.69) is 17.0 Å². The Morgan fingerprint density at radius 2 is 1.94 bits per heavy atom. The Morgan fingerprint density at radius 3 is 2.63 bits per heavy atom. The molecule has 2 aromatic heterocycles. The minimum atomic E-state index is -1.17. The molecule has 1 saturated heterocycles. The maximum Gasteiger partial charge on any atom is 0.227 e. The zero-order chi connectivity index (χ0) is 24.2. The highest BCUT2D eigenvalue weighted by Crippen LogP contribution is 2.45. The highest BCUT2D eigenvalue weighted by molar-refractivity contribution is 7.91. The van der Waals surface area contributed by atoms with Gasteiger partial charge in [-0.3, -0.25) is 5.01 Å². The third-order valence-corrected chi connectivity index (χ3v) is 8.95. The maximum absolute atomic E-state index is 12.7. The van der Waals surface area contributed by atoms with Crippen LogP contribution in [0.5, 0.6) is 0 Å². The molecule has 2 aliphatic heterocycles. The van der Waals surface area contributed by atoms with Crippen LogP contribution in [-0.2, 0) is 17.6 Å². The first-order valence-corrected chi connectivity index (χ1v) is 13.5. The van der Waals surface area contributed by atoms with Crippen molar-refractivity contribution in [3.8, 4) is 11.3 Å². The normalized spacial score (nSPS) is 21.3. The quantitative estimate of drug-likeness (QED) is 0.302. The number of piperidine rings is 1. The zero-order valence-corrected chi connectivity index (χ0v) is 20.6. The minimum Gasteiger partial charge on any atom is -0.611 e. The molecule has 1 aliphatic carbocycles. The van der Waals surface area contributed by atoms with E-state index in [-0.39, 0.29) is 12.5 Å². The predicted octanol–water partition coefficient (Wildman–Crippen LogP) is 2.69. The van der Waals surface area contributed by atoms with Gasteiger partial charge in [0, 0.05) is 31.0 Å². The Balaban J connectivity index is 1.22. The van der Waals surface area contributed by atoms with E-state index in [4.69, 9.17) is 25.2 Å². The van der Waals surface area contributed by atoms with Crippen LogP contribution in [0.3, 0.4) is 0 Å². The summed E-state index contributed by atoms with van der Waals surface area (Å²) < 4.78 is 18.8. The lowest BCUT2D eigenvalue weighted by molar-refractivity contribution is 0.248. The molecular formula is C25H30N6O3S. The van der Waals surface area contributed by atoms with Gasteiger partial charge in [0.1, 0.15) is 22.9 Å². The maximum atomic E-state index is 12.7. The van der Waals surface area contributed by atoms with E-state index in [9.17, 15) is 9.66 Å². The Kier molecular flexibility index (Phi) is 5.71. The number of oxazole rings is 1. The first-order chi connectivity index (χ1) is 17.0. The molecular weight excluding hydrogens is 464 g/mol. The van der Waals surface area contributed by atoms with E-state index >= 15 is 0 Å². The molecule has 0 spiro atoms. The molecule has 3 aliphatic rings. The van der Waals surface area contributed by atoms with Crippen LogP contribution in [0.15, 0.2) is 39.6 Å². The van der Waals surface area contributed by atoms with Crippen molar-refractivity contribution in [2.75, 3.05) is 35.4 Å². The first kappa shape index (κ1) is 22.8. The number of nitrogens with zero attached hydrogens (tertiary/aromatic N) is 5. The fraction of sp³-hybridized carbons (Fsp3) is 0.480. The third kappa shape index (κ3) is 3.98. The summed E-state index contributed by atoms with van der Waals surface area (Å²) in [5.74, 6) is 9.98. The smallest absolute Gasteiger partial charge is 0.227 e. The van der Waals surface area contributed by atoms with E-state index in [1.54, 1.807) is 5.01 Å². The second kappa shape index (κ2) is 8.77. The summed E-state index contributed by atoms with van der Waals surface area (Å²) in [7, 11) is 0. The van der Waals surface area contributed by atoms with E-state index in [0.717, 1.165) is 67.4 Å². The highest BCUT2D eigenvalue weighted by Gasteiger charge is 2.50. The number of fused-ring (bicyclic) bond motifs is 1. The van der Waals surface area contributed by atoms with Crippen LogP contribution >= 0.6 is 0 Å². The second-order valence-corrected chi connectivity index (χ2v) is 11.3. The van der Waals surface area contributed by atoms with Gasteiger partial charge in [-0.05, 0) is 43.8 Å². The molecule has 1 atom stereocenters. The van der Waals surface area contributed by atoms with Gasteiger partial charge in [-0.15, -0.1) is 0 Å². The van der Waals surface area contributed by atoms with Crippen molar-refractivity contribution in [2.45, 2.75) is 55.4 Å². The fourth-order valence-corrected chi connectivity index (χ4v) is 6.44. The number of aryl methyl sites for hydroxylation is 2. The van der Waals surface area contributed by atoms with Crippen LogP contribution in [0.2, 0.25) is 0 Å². The largest absolute Gasteiger partial charge is 0.611 e. The molecule has 1 aromatic carbocycles. The van der Waals surface area contributed by atoms with Crippen LogP contribution in [0, 0.1) is 6.92 Å². The number of rotatable bonds is 6.